The van der Waals surface area contributed by atoms with Crippen LogP contribution in [-0.2, 0) is 0 Å². The van der Waals surface area contributed by atoms with Crippen LogP contribution in [0.25, 0.3) is 11.3 Å². The predicted octanol–water partition coefficient (Wildman–Crippen LogP) is 5.60. The Morgan fingerprint density at radius 3 is 2.64 bits per heavy atom. The van der Waals surface area contributed by atoms with Crippen LogP contribution in [-0.4, -0.2) is 10.7 Å². The maximum atomic E-state index is 12.9. The number of aromatic nitrogens is 1. The number of hydrogen-bond acceptors (Lipinski definition) is 5. The van der Waals surface area contributed by atoms with Gasteiger partial charge in [-0.2, -0.15) is 10.4 Å². The summed E-state index contributed by atoms with van der Waals surface area (Å²) in [6.07, 6.45) is 0. The van der Waals surface area contributed by atoms with Crippen molar-refractivity contribution >= 4 is 45.9 Å². The summed E-state index contributed by atoms with van der Waals surface area (Å²) in [5.41, 5.74) is 4.74. The summed E-state index contributed by atoms with van der Waals surface area (Å²) < 4.78 is 12.9. The van der Waals surface area contributed by atoms with Crippen molar-refractivity contribution < 1.29 is 4.39 Å². The summed E-state index contributed by atoms with van der Waals surface area (Å²) in [5, 5.41) is 16.6. The highest BCUT2D eigenvalue weighted by molar-refractivity contribution is 7.12. The van der Waals surface area contributed by atoms with Crippen LogP contribution in [0.4, 0.5) is 10.1 Å². The summed E-state index contributed by atoms with van der Waals surface area (Å²) in [6, 6.07) is 12.8. The molecule has 1 heterocycles. The van der Waals surface area contributed by atoms with Gasteiger partial charge in [0.05, 0.1) is 16.4 Å². The molecule has 0 fully saturated rings. The average molecular weight is 391 g/mol. The Kier molecular flexibility index (Phi) is 5.29. The molecule has 0 spiro atoms. The first-order valence-electron chi connectivity index (χ1n) is 6.97. The fourth-order valence-corrected chi connectivity index (χ4v) is 3.23. The molecule has 124 valence electrons. The summed E-state index contributed by atoms with van der Waals surface area (Å²) in [6.45, 7) is 0. The van der Waals surface area contributed by atoms with Crippen molar-refractivity contribution in [3.05, 3.63) is 68.7 Å². The molecule has 0 radical (unpaired) electrons. The second kappa shape index (κ2) is 7.62. The van der Waals surface area contributed by atoms with E-state index < -0.39 is 0 Å². The lowest BCUT2D eigenvalue weighted by Gasteiger charge is -2.01. The monoisotopic (exact) mass is 390 g/mol. The zero-order valence-corrected chi connectivity index (χ0v) is 14.8. The number of nitriles is 1. The van der Waals surface area contributed by atoms with Crippen molar-refractivity contribution in [1.29, 1.82) is 5.26 Å². The molecule has 1 aromatic heterocycles. The molecule has 8 heteroatoms. The van der Waals surface area contributed by atoms with Gasteiger partial charge in [-0.3, -0.25) is 5.43 Å². The third kappa shape index (κ3) is 4.15. The Bertz CT molecular complexity index is 977. The van der Waals surface area contributed by atoms with Crippen molar-refractivity contribution in [2.24, 2.45) is 5.10 Å². The van der Waals surface area contributed by atoms with E-state index in [0.717, 1.165) is 5.56 Å². The minimum atomic E-state index is -0.348. The fourth-order valence-electron chi connectivity index (χ4n) is 1.97. The molecule has 0 amide bonds. The Balaban J connectivity index is 1.85. The van der Waals surface area contributed by atoms with E-state index in [2.05, 4.69) is 15.5 Å². The van der Waals surface area contributed by atoms with Gasteiger partial charge in [-0.1, -0.05) is 23.2 Å². The van der Waals surface area contributed by atoms with E-state index in [4.69, 9.17) is 23.2 Å². The molecule has 0 aliphatic rings. The Morgan fingerprint density at radius 1 is 1.20 bits per heavy atom. The molecule has 3 rings (SSSR count). The summed E-state index contributed by atoms with van der Waals surface area (Å²) in [5.74, 6) is -0.348. The van der Waals surface area contributed by atoms with E-state index in [1.165, 1.54) is 35.6 Å². The van der Waals surface area contributed by atoms with E-state index in [9.17, 15) is 9.65 Å². The van der Waals surface area contributed by atoms with Crippen molar-refractivity contribution in [1.82, 2.24) is 4.98 Å². The van der Waals surface area contributed by atoms with E-state index in [1.54, 1.807) is 23.6 Å². The number of rotatable bonds is 4. The molecule has 4 nitrogen and oxygen atoms in total. The Hall–Kier alpha value is -2.46. The molecule has 0 atom stereocenters. The fraction of sp³-hybridized carbons (Fsp3) is 0. The van der Waals surface area contributed by atoms with Gasteiger partial charge in [0, 0.05) is 16.0 Å². The van der Waals surface area contributed by atoms with E-state index in [1.807, 2.05) is 6.07 Å². The van der Waals surface area contributed by atoms with E-state index in [0.29, 0.717) is 26.4 Å². The lowest BCUT2D eigenvalue weighted by molar-refractivity contribution is 0.628. The maximum absolute atomic E-state index is 12.9. The lowest BCUT2D eigenvalue weighted by Crippen LogP contribution is -2.01. The van der Waals surface area contributed by atoms with Gasteiger partial charge in [0.2, 0.25) is 0 Å². The first kappa shape index (κ1) is 17.4. The normalized spacial score (nSPS) is 11.2. The standard InChI is InChI=1S/C17H9Cl2FN4S/c18-10-1-6-13(14(19)7-10)16-9-25-17(22-16)15(8-21)24-23-12-4-2-11(20)3-5-12/h1-7,9,23H. The van der Waals surface area contributed by atoms with Crippen LogP contribution in [0.3, 0.4) is 0 Å². The van der Waals surface area contributed by atoms with Crippen molar-refractivity contribution in [2.45, 2.75) is 0 Å². The van der Waals surface area contributed by atoms with Gasteiger partial charge in [-0.15, -0.1) is 11.3 Å². The van der Waals surface area contributed by atoms with Crippen LogP contribution >= 0.6 is 34.5 Å². The Labute approximate surface area is 157 Å². The molecule has 0 aliphatic carbocycles. The predicted molar refractivity (Wildman–Crippen MR) is 99.7 cm³/mol. The van der Waals surface area contributed by atoms with Gasteiger partial charge in [0.25, 0.3) is 0 Å². The molecule has 2 aromatic carbocycles. The highest BCUT2D eigenvalue weighted by Crippen LogP contribution is 2.31. The maximum Gasteiger partial charge on any atom is 0.196 e. The third-order valence-corrected chi connectivity index (χ3v) is 4.56. The van der Waals surface area contributed by atoms with Crippen LogP contribution in [0, 0.1) is 17.1 Å². The number of hydrogen-bond donors (Lipinski definition) is 1. The van der Waals surface area contributed by atoms with Gasteiger partial charge in [0.15, 0.2) is 10.7 Å². The quantitative estimate of drug-likeness (QED) is 0.466. The van der Waals surface area contributed by atoms with E-state index >= 15 is 0 Å². The number of anilines is 1. The molecule has 3 aromatic rings. The molecule has 0 saturated heterocycles. The van der Waals surface area contributed by atoms with Crippen molar-refractivity contribution in [3.8, 4) is 17.3 Å². The van der Waals surface area contributed by atoms with Crippen molar-refractivity contribution in [3.63, 3.8) is 0 Å². The first-order chi connectivity index (χ1) is 12.1. The zero-order valence-electron chi connectivity index (χ0n) is 12.5. The zero-order chi connectivity index (χ0) is 17.8. The second-order valence-corrected chi connectivity index (χ2v) is 6.55. The summed E-state index contributed by atoms with van der Waals surface area (Å²) in [4.78, 5) is 4.41. The van der Waals surface area contributed by atoms with Crippen molar-refractivity contribution in [2.75, 3.05) is 5.43 Å². The smallest absolute Gasteiger partial charge is 0.196 e. The molecule has 25 heavy (non-hydrogen) atoms. The van der Waals surface area contributed by atoms with Gasteiger partial charge in [-0.25, -0.2) is 9.37 Å². The third-order valence-electron chi connectivity index (χ3n) is 3.16. The molecular formula is C17H9Cl2FN4S. The van der Waals surface area contributed by atoms with Gasteiger partial charge in [-0.05, 0) is 42.5 Å². The highest BCUT2D eigenvalue weighted by atomic mass is 35.5. The largest absolute Gasteiger partial charge is 0.277 e. The second-order valence-electron chi connectivity index (χ2n) is 4.85. The summed E-state index contributed by atoms with van der Waals surface area (Å²) >= 11 is 13.3. The lowest BCUT2D eigenvalue weighted by atomic mass is 10.2. The van der Waals surface area contributed by atoms with Crippen LogP contribution in [0.1, 0.15) is 5.01 Å². The van der Waals surface area contributed by atoms with Crippen LogP contribution in [0.15, 0.2) is 52.9 Å². The number of hydrazone groups is 1. The van der Waals surface area contributed by atoms with Gasteiger partial charge in [0.1, 0.15) is 11.9 Å². The summed E-state index contributed by atoms with van der Waals surface area (Å²) in [7, 11) is 0. The van der Waals surface area contributed by atoms with Crippen LogP contribution in [0.5, 0.6) is 0 Å². The minimum Gasteiger partial charge on any atom is -0.277 e. The van der Waals surface area contributed by atoms with E-state index in [-0.39, 0.29) is 11.5 Å². The first-order valence-corrected chi connectivity index (χ1v) is 8.61. The molecular weight excluding hydrogens is 382 g/mol. The number of nitrogens with one attached hydrogen (secondary N) is 1. The Morgan fingerprint density at radius 2 is 1.96 bits per heavy atom. The highest BCUT2D eigenvalue weighted by Gasteiger charge is 2.13. The van der Waals surface area contributed by atoms with Gasteiger partial charge >= 0.3 is 0 Å². The average Bonchev–Trinajstić information content (AvgIpc) is 3.06. The molecule has 0 saturated carbocycles. The topological polar surface area (TPSA) is 61.1 Å². The van der Waals surface area contributed by atoms with Gasteiger partial charge < -0.3 is 0 Å². The number of thiazole rings is 1. The number of benzene rings is 2. The van der Waals surface area contributed by atoms with Crippen LogP contribution < -0.4 is 5.43 Å². The number of halogens is 3. The minimum absolute atomic E-state index is 0.116. The molecule has 0 bridgehead atoms. The van der Waals surface area contributed by atoms with Crippen LogP contribution in [0.2, 0.25) is 10.0 Å². The molecule has 0 unspecified atom stereocenters. The molecule has 1 N–H and O–H groups in total. The SMILES string of the molecule is N#CC(=NNc1ccc(F)cc1)c1nc(-c2ccc(Cl)cc2Cl)cs1. The number of nitrogens with zero attached hydrogens (tertiary/aromatic N) is 3. The molecule has 0 aliphatic heterocycles.